The maximum atomic E-state index is 8.95. The normalized spacial score (nSPS) is 10.3. The second-order valence-corrected chi connectivity index (χ2v) is 1.64. The molecule has 58 valence electrons. The third-order valence-electron chi connectivity index (χ3n) is 0.962. The van der Waals surface area contributed by atoms with Gasteiger partial charge in [-0.15, -0.1) is 0 Å². The zero-order chi connectivity index (χ0) is 8.10. The fourth-order valence-corrected chi connectivity index (χ4v) is 0.527. The minimum Gasteiger partial charge on any atom is -0.410 e. The standard InChI is InChI=1S/C5H6N4O2/c10-8-4-9(11)5-1-2-6-3-7-5/h1-4,10-11H. The molecule has 0 radical (unpaired) electrons. The van der Waals surface area contributed by atoms with Gasteiger partial charge in [0, 0.05) is 12.3 Å². The van der Waals surface area contributed by atoms with Gasteiger partial charge in [0.2, 0.25) is 0 Å². The van der Waals surface area contributed by atoms with Crippen molar-refractivity contribution in [3.8, 4) is 0 Å². The second-order valence-electron chi connectivity index (χ2n) is 1.64. The van der Waals surface area contributed by atoms with E-state index in [1.165, 1.54) is 18.6 Å². The van der Waals surface area contributed by atoms with E-state index < -0.39 is 0 Å². The molecule has 2 N–H and O–H groups in total. The number of nitrogens with zero attached hydrogens (tertiary/aromatic N) is 4. The minimum absolute atomic E-state index is 0.234. The Bertz CT molecular complexity index is 237. The van der Waals surface area contributed by atoms with Crippen LogP contribution in [0, 0.1) is 0 Å². The van der Waals surface area contributed by atoms with Crippen LogP contribution in [0.25, 0.3) is 0 Å². The van der Waals surface area contributed by atoms with Crippen LogP contribution in [0.4, 0.5) is 5.82 Å². The summed E-state index contributed by atoms with van der Waals surface area (Å²) in [4.78, 5) is 7.29. The molecule has 0 unspecified atom stereocenters. The molecule has 0 saturated carbocycles. The SMILES string of the molecule is ON=CN(O)c1ccncn1. The van der Waals surface area contributed by atoms with E-state index in [-0.39, 0.29) is 5.82 Å². The Balaban J connectivity index is 2.76. The quantitative estimate of drug-likeness (QED) is 0.273. The molecule has 6 heteroatoms. The summed E-state index contributed by atoms with van der Waals surface area (Å²) in [5, 5.41) is 20.2. The van der Waals surface area contributed by atoms with Crippen LogP contribution in [0.15, 0.2) is 23.7 Å². The van der Waals surface area contributed by atoms with E-state index in [1.807, 2.05) is 0 Å². The summed E-state index contributed by atoms with van der Waals surface area (Å²) in [5.74, 6) is 0.234. The molecule has 1 aromatic heterocycles. The maximum Gasteiger partial charge on any atom is 0.162 e. The molecule has 0 aliphatic rings. The summed E-state index contributed by atoms with van der Waals surface area (Å²) in [5.41, 5.74) is 0. The van der Waals surface area contributed by atoms with Gasteiger partial charge in [-0.2, -0.15) is 5.06 Å². The lowest BCUT2D eigenvalue weighted by Gasteiger charge is -2.06. The molecule has 1 rings (SSSR count). The van der Waals surface area contributed by atoms with Crippen molar-refractivity contribution in [1.29, 1.82) is 0 Å². The molecule has 0 amide bonds. The summed E-state index contributed by atoms with van der Waals surface area (Å²) < 4.78 is 0. The first-order chi connectivity index (χ1) is 5.34. The number of hydrogen-bond acceptors (Lipinski definition) is 5. The number of oxime groups is 1. The van der Waals surface area contributed by atoms with Gasteiger partial charge in [0.25, 0.3) is 0 Å². The lowest BCUT2D eigenvalue weighted by Crippen LogP contribution is -2.16. The van der Waals surface area contributed by atoms with Gasteiger partial charge in [0.15, 0.2) is 12.2 Å². The number of hydroxylamine groups is 1. The zero-order valence-corrected chi connectivity index (χ0v) is 5.49. The van der Waals surface area contributed by atoms with Crippen molar-refractivity contribution in [2.45, 2.75) is 0 Å². The summed E-state index contributed by atoms with van der Waals surface area (Å²) in [6.07, 6.45) is 3.53. The Morgan fingerprint density at radius 3 is 3.00 bits per heavy atom. The highest BCUT2D eigenvalue weighted by atomic mass is 16.5. The Labute approximate surface area is 62.4 Å². The van der Waals surface area contributed by atoms with E-state index in [4.69, 9.17) is 10.4 Å². The number of anilines is 1. The minimum atomic E-state index is 0.234. The molecule has 0 atom stereocenters. The van der Waals surface area contributed by atoms with Crippen LogP contribution in [0.3, 0.4) is 0 Å². The van der Waals surface area contributed by atoms with Crippen molar-refractivity contribution in [3.05, 3.63) is 18.6 Å². The van der Waals surface area contributed by atoms with Crippen molar-refractivity contribution >= 4 is 12.2 Å². The molecule has 0 aliphatic heterocycles. The molecule has 1 heterocycles. The van der Waals surface area contributed by atoms with Crippen molar-refractivity contribution in [3.63, 3.8) is 0 Å². The van der Waals surface area contributed by atoms with Gasteiger partial charge in [-0.3, -0.25) is 5.21 Å². The maximum absolute atomic E-state index is 8.95. The number of hydrogen-bond donors (Lipinski definition) is 2. The lowest BCUT2D eigenvalue weighted by atomic mass is 10.6. The predicted octanol–water partition coefficient (Wildman–Crippen LogP) is 0.0897. The Hall–Kier alpha value is -1.69. The van der Waals surface area contributed by atoms with E-state index in [0.29, 0.717) is 5.06 Å². The fraction of sp³-hybridized carbons (Fsp3) is 0. The predicted molar refractivity (Wildman–Crippen MR) is 36.6 cm³/mol. The van der Waals surface area contributed by atoms with E-state index in [9.17, 15) is 0 Å². The molecule has 0 bridgehead atoms. The Morgan fingerprint density at radius 2 is 2.45 bits per heavy atom. The average Bonchev–Trinajstić information content (AvgIpc) is 2.07. The highest BCUT2D eigenvalue weighted by Crippen LogP contribution is 2.01. The molecular formula is C5H6N4O2. The third kappa shape index (κ3) is 1.87. The first-order valence-electron chi connectivity index (χ1n) is 2.76. The van der Waals surface area contributed by atoms with Crippen LogP contribution in [0.1, 0.15) is 0 Å². The molecule has 0 fully saturated rings. The van der Waals surface area contributed by atoms with Crippen LogP contribution in [0.5, 0.6) is 0 Å². The highest BCUT2D eigenvalue weighted by molar-refractivity contribution is 5.72. The molecule has 0 aliphatic carbocycles. The monoisotopic (exact) mass is 154 g/mol. The van der Waals surface area contributed by atoms with Crippen LogP contribution in [0.2, 0.25) is 0 Å². The summed E-state index contributed by atoms with van der Waals surface area (Å²) in [6.45, 7) is 0. The molecule has 1 aromatic rings. The average molecular weight is 154 g/mol. The van der Waals surface area contributed by atoms with Gasteiger partial charge in [-0.05, 0) is 0 Å². The van der Waals surface area contributed by atoms with Crippen molar-refractivity contribution in [2.75, 3.05) is 5.06 Å². The summed E-state index contributed by atoms with van der Waals surface area (Å²) in [6, 6.07) is 1.46. The largest absolute Gasteiger partial charge is 0.410 e. The smallest absolute Gasteiger partial charge is 0.162 e. The van der Waals surface area contributed by atoms with Gasteiger partial charge in [0.1, 0.15) is 6.33 Å². The Morgan fingerprint density at radius 1 is 1.64 bits per heavy atom. The van der Waals surface area contributed by atoms with Gasteiger partial charge in [-0.1, -0.05) is 5.16 Å². The molecule has 11 heavy (non-hydrogen) atoms. The Kier molecular flexibility index (Phi) is 2.34. The molecule has 6 nitrogen and oxygen atoms in total. The van der Waals surface area contributed by atoms with Crippen molar-refractivity contribution < 1.29 is 10.4 Å². The lowest BCUT2D eigenvalue weighted by molar-refractivity contribution is 0.289. The van der Waals surface area contributed by atoms with Crippen LogP contribution >= 0.6 is 0 Å². The van der Waals surface area contributed by atoms with Crippen LogP contribution in [-0.2, 0) is 0 Å². The molecule has 0 aromatic carbocycles. The van der Waals surface area contributed by atoms with Gasteiger partial charge >= 0.3 is 0 Å². The van der Waals surface area contributed by atoms with Gasteiger partial charge < -0.3 is 5.21 Å². The highest BCUT2D eigenvalue weighted by Gasteiger charge is 1.98. The third-order valence-corrected chi connectivity index (χ3v) is 0.962. The van der Waals surface area contributed by atoms with E-state index >= 15 is 0 Å². The van der Waals surface area contributed by atoms with Crippen molar-refractivity contribution in [1.82, 2.24) is 9.97 Å². The van der Waals surface area contributed by atoms with Crippen molar-refractivity contribution in [2.24, 2.45) is 5.16 Å². The molecule has 0 saturated heterocycles. The van der Waals surface area contributed by atoms with E-state index in [0.717, 1.165) is 6.34 Å². The second kappa shape index (κ2) is 3.47. The van der Waals surface area contributed by atoms with Crippen LogP contribution < -0.4 is 5.06 Å². The van der Waals surface area contributed by atoms with Gasteiger partial charge in [0.05, 0.1) is 0 Å². The molecule has 0 spiro atoms. The van der Waals surface area contributed by atoms with E-state index in [1.54, 1.807) is 0 Å². The first kappa shape index (κ1) is 7.42. The number of aromatic nitrogens is 2. The summed E-state index contributed by atoms with van der Waals surface area (Å²) in [7, 11) is 0. The van der Waals surface area contributed by atoms with E-state index in [2.05, 4.69) is 15.1 Å². The number of rotatable bonds is 2. The zero-order valence-electron chi connectivity index (χ0n) is 5.49. The molecular weight excluding hydrogens is 148 g/mol. The topological polar surface area (TPSA) is 81.8 Å². The summed E-state index contributed by atoms with van der Waals surface area (Å²) >= 11 is 0. The fourth-order valence-electron chi connectivity index (χ4n) is 0.527. The van der Waals surface area contributed by atoms with Gasteiger partial charge in [-0.25, -0.2) is 9.97 Å². The first-order valence-corrected chi connectivity index (χ1v) is 2.76. The van der Waals surface area contributed by atoms with Crippen LogP contribution in [-0.4, -0.2) is 26.7 Å².